The first-order valence-electron chi connectivity index (χ1n) is 7.92. The molecule has 0 aromatic rings. The fraction of sp³-hybridized carbons (Fsp3) is 0.750. The SMILES string of the molecule is CC(C)(C)OC(=O)N1CCC(C2=C(C(=O)O)CCNC2)CC1. The van der Waals surface area contributed by atoms with Crippen molar-refractivity contribution in [2.24, 2.45) is 5.92 Å². The van der Waals surface area contributed by atoms with E-state index in [2.05, 4.69) is 5.32 Å². The van der Waals surface area contributed by atoms with Gasteiger partial charge in [-0.15, -0.1) is 0 Å². The smallest absolute Gasteiger partial charge is 0.410 e. The number of ether oxygens (including phenoxy) is 1. The lowest BCUT2D eigenvalue weighted by atomic mass is 9.84. The van der Waals surface area contributed by atoms with E-state index in [4.69, 9.17) is 4.74 Å². The molecule has 6 heteroatoms. The van der Waals surface area contributed by atoms with Crippen LogP contribution >= 0.6 is 0 Å². The second-order valence-electron chi connectivity index (χ2n) is 6.98. The molecule has 0 aliphatic carbocycles. The number of hydrogen-bond acceptors (Lipinski definition) is 4. The summed E-state index contributed by atoms with van der Waals surface area (Å²) in [6, 6.07) is 0. The van der Waals surface area contributed by atoms with Crippen LogP contribution in [0.15, 0.2) is 11.1 Å². The van der Waals surface area contributed by atoms with Crippen LogP contribution in [0, 0.1) is 5.92 Å². The summed E-state index contributed by atoms with van der Waals surface area (Å²) in [5.74, 6) is -0.552. The molecule has 0 bridgehead atoms. The van der Waals surface area contributed by atoms with Crippen LogP contribution in [0.1, 0.15) is 40.0 Å². The van der Waals surface area contributed by atoms with Gasteiger partial charge in [0.1, 0.15) is 5.60 Å². The van der Waals surface area contributed by atoms with Crippen molar-refractivity contribution < 1.29 is 19.4 Å². The second-order valence-corrected chi connectivity index (χ2v) is 6.98. The van der Waals surface area contributed by atoms with Gasteiger partial charge in [0.15, 0.2) is 0 Å². The van der Waals surface area contributed by atoms with Crippen molar-refractivity contribution in [1.82, 2.24) is 10.2 Å². The Balaban J connectivity index is 1.97. The van der Waals surface area contributed by atoms with Crippen molar-refractivity contribution in [2.45, 2.75) is 45.6 Å². The molecule has 6 nitrogen and oxygen atoms in total. The summed E-state index contributed by atoms with van der Waals surface area (Å²) < 4.78 is 5.39. The van der Waals surface area contributed by atoms with Crippen LogP contribution in [-0.4, -0.2) is 53.8 Å². The summed E-state index contributed by atoms with van der Waals surface area (Å²) in [5, 5.41) is 12.6. The van der Waals surface area contributed by atoms with Crippen molar-refractivity contribution in [3.05, 3.63) is 11.1 Å². The van der Waals surface area contributed by atoms with Crippen LogP contribution in [0.3, 0.4) is 0 Å². The highest BCUT2D eigenvalue weighted by Crippen LogP contribution is 2.30. The van der Waals surface area contributed by atoms with Gasteiger partial charge in [-0.1, -0.05) is 0 Å². The Kier molecular flexibility index (Phi) is 5.11. The molecule has 1 amide bonds. The molecule has 0 aromatic heterocycles. The summed E-state index contributed by atoms with van der Waals surface area (Å²) in [6.45, 7) is 8.19. The van der Waals surface area contributed by atoms with Crippen LogP contribution in [0.5, 0.6) is 0 Å². The third-order valence-corrected chi connectivity index (χ3v) is 4.15. The maximum Gasteiger partial charge on any atom is 0.410 e. The monoisotopic (exact) mass is 310 g/mol. The topological polar surface area (TPSA) is 78.9 Å². The van der Waals surface area contributed by atoms with Gasteiger partial charge in [-0.3, -0.25) is 0 Å². The average molecular weight is 310 g/mol. The highest BCUT2D eigenvalue weighted by molar-refractivity contribution is 5.88. The van der Waals surface area contributed by atoms with Gasteiger partial charge >= 0.3 is 12.1 Å². The Morgan fingerprint density at radius 3 is 2.45 bits per heavy atom. The van der Waals surface area contributed by atoms with E-state index in [1.807, 2.05) is 20.8 Å². The largest absolute Gasteiger partial charge is 0.478 e. The lowest BCUT2D eigenvalue weighted by Crippen LogP contribution is -2.43. The number of aliphatic carboxylic acids is 1. The van der Waals surface area contributed by atoms with Gasteiger partial charge in [0.05, 0.1) is 0 Å². The van der Waals surface area contributed by atoms with Gasteiger partial charge in [0, 0.05) is 25.2 Å². The fourth-order valence-corrected chi connectivity index (χ4v) is 3.08. The molecule has 1 saturated heterocycles. The lowest BCUT2D eigenvalue weighted by Gasteiger charge is -2.35. The standard InChI is InChI=1S/C16H26N2O4/c1-16(2,3)22-15(21)18-8-5-11(6-9-18)13-10-17-7-4-12(13)14(19)20/h11,17H,4-10H2,1-3H3,(H,19,20). The minimum atomic E-state index is -0.800. The number of piperidine rings is 1. The van der Waals surface area contributed by atoms with Crippen LogP contribution in [0.25, 0.3) is 0 Å². The van der Waals surface area contributed by atoms with E-state index in [9.17, 15) is 14.7 Å². The lowest BCUT2D eigenvalue weighted by molar-refractivity contribution is -0.133. The van der Waals surface area contributed by atoms with Crippen LogP contribution in [0.4, 0.5) is 4.79 Å². The highest BCUT2D eigenvalue weighted by atomic mass is 16.6. The molecule has 0 atom stereocenters. The van der Waals surface area contributed by atoms with Gasteiger partial charge in [0.25, 0.3) is 0 Å². The van der Waals surface area contributed by atoms with Gasteiger partial charge in [-0.05, 0) is 58.1 Å². The summed E-state index contributed by atoms with van der Waals surface area (Å²) in [7, 11) is 0. The maximum absolute atomic E-state index is 12.1. The molecular formula is C16H26N2O4. The quantitative estimate of drug-likeness (QED) is 0.815. The molecule has 1 fully saturated rings. The van der Waals surface area contributed by atoms with Gasteiger partial charge in [-0.25, -0.2) is 9.59 Å². The van der Waals surface area contributed by atoms with Crippen molar-refractivity contribution in [3.63, 3.8) is 0 Å². The third-order valence-electron chi connectivity index (χ3n) is 4.15. The van der Waals surface area contributed by atoms with E-state index in [1.54, 1.807) is 4.90 Å². The first-order chi connectivity index (χ1) is 10.3. The first kappa shape index (κ1) is 16.8. The van der Waals surface area contributed by atoms with Gasteiger partial charge in [-0.2, -0.15) is 0 Å². The van der Waals surface area contributed by atoms with Crippen LogP contribution in [0.2, 0.25) is 0 Å². The molecule has 0 radical (unpaired) electrons. The van der Waals surface area contributed by atoms with Gasteiger partial charge < -0.3 is 20.1 Å². The minimum Gasteiger partial charge on any atom is -0.478 e. The predicted molar refractivity (Wildman–Crippen MR) is 82.7 cm³/mol. The minimum absolute atomic E-state index is 0.248. The molecule has 0 spiro atoms. The molecule has 124 valence electrons. The van der Waals surface area contributed by atoms with Crippen molar-refractivity contribution in [3.8, 4) is 0 Å². The molecule has 0 aromatic carbocycles. The van der Waals surface area contributed by atoms with E-state index < -0.39 is 11.6 Å². The van der Waals surface area contributed by atoms with Crippen molar-refractivity contribution >= 4 is 12.1 Å². The Morgan fingerprint density at radius 1 is 1.27 bits per heavy atom. The molecule has 2 heterocycles. The number of nitrogens with one attached hydrogen (secondary N) is 1. The Hall–Kier alpha value is -1.56. The van der Waals surface area contributed by atoms with E-state index in [0.29, 0.717) is 31.6 Å². The molecule has 0 saturated carbocycles. The van der Waals surface area contributed by atoms with Crippen molar-refractivity contribution in [1.29, 1.82) is 0 Å². The zero-order chi connectivity index (χ0) is 16.3. The number of rotatable bonds is 2. The van der Waals surface area contributed by atoms with E-state index >= 15 is 0 Å². The third kappa shape index (κ3) is 4.22. The summed E-state index contributed by atoms with van der Waals surface area (Å²) in [5.41, 5.74) is 1.09. The number of amides is 1. The first-order valence-corrected chi connectivity index (χ1v) is 7.92. The molecule has 22 heavy (non-hydrogen) atoms. The van der Waals surface area contributed by atoms with Crippen molar-refractivity contribution in [2.75, 3.05) is 26.2 Å². The number of carboxylic acids is 1. The summed E-state index contributed by atoms with van der Waals surface area (Å²) in [6.07, 6.45) is 1.90. The summed E-state index contributed by atoms with van der Waals surface area (Å²) >= 11 is 0. The number of hydrogen-bond donors (Lipinski definition) is 2. The average Bonchev–Trinajstić information content (AvgIpc) is 2.45. The highest BCUT2D eigenvalue weighted by Gasteiger charge is 2.31. The fourth-order valence-electron chi connectivity index (χ4n) is 3.08. The van der Waals surface area contributed by atoms with E-state index in [1.165, 1.54) is 0 Å². The molecule has 2 aliphatic rings. The molecule has 0 unspecified atom stereocenters. The number of carbonyl (C=O) groups excluding carboxylic acids is 1. The Labute approximate surface area is 131 Å². The number of nitrogens with zero attached hydrogens (tertiary/aromatic N) is 1. The zero-order valence-corrected chi connectivity index (χ0v) is 13.6. The Bertz CT molecular complexity index is 471. The molecular weight excluding hydrogens is 284 g/mol. The number of carbonyl (C=O) groups is 2. The normalized spacial score (nSPS) is 21.0. The molecule has 2 aliphatic heterocycles. The molecule has 2 rings (SSSR count). The van der Waals surface area contributed by atoms with E-state index in [0.717, 1.165) is 25.0 Å². The van der Waals surface area contributed by atoms with Crippen LogP contribution in [-0.2, 0) is 9.53 Å². The predicted octanol–water partition coefficient (Wildman–Crippen LogP) is 2.01. The maximum atomic E-state index is 12.1. The number of carboxylic acid groups (broad SMARTS) is 1. The molecule has 2 N–H and O–H groups in total. The summed E-state index contributed by atoms with van der Waals surface area (Å²) in [4.78, 5) is 25.1. The van der Waals surface area contributed by atoms with E-state index in [-0.39, 0.29) is 12.0 Å². The van der Waals surface area contributed by atoms with Crippen LogP contribution < -0.4 is 5.32 Å². The van der Waals surface area contributed by atoms with Gasteiger partial charge in [0.2, 0.25) is 0 Å². The zero-order valence-electron chi connectivity index (χ0n) is 13.6. The Morgan fingerprint density at radius 2 is 1.91 bits per heavy atom. The number of likely N-dealkylation sites (tertiary alicyclic amines) is 1. The second kappa shape index (κ2) is 6.69.